The molecule has 1 saturated carbocycles. The Kier molecular flexibility index (Phi) is 15.3. The van der Waals surface area contributed by atoms with E-state index >= 15 is 0 Å². The first kappa shape index (κ1) is 16.4. The molecule has 0 spiro atoms. The van der Waals surface area contributed by atoms with Crippen molar-refractivity contribution in [3.05, 3.63) is 0 Å². The van der Waals surface area contributed by atoms with Crippen LogP contribution in [0.4, 0.5) is 0 Å². The molecule has 0 radical (unpaired) electrons. The van der Waals surface area contributed by atoms with Gasteiger partial charge < -0.3 is 0 Å². The summed E-state index contributed by atoms with van der Waals surface area (Å²) in [4.78, 5) is 0. The molecule has 0 aromatic carbocycles. The normalized spacial score (nSPS) is 16.5. The van der Waals surface area contributed by atoms with E-state index in [0.29, 0.717) is 0 Å². The van der Waals surface area contributed by atoms with E-state index in [1.165, 1.54) is 38.5 Å². The van der Waals surface area contributed by atoms with Crippen molar-refractivity contribution in [3.8, 4) is 0 Å². The molecule has 0 N–H and O–H groups in total. The summed E-state index contributed by atoms with van der Waals surface area (Å²) in [7, 11) is 0. The first-order chi connectivity index (χ1) is 6.79. The summed E-state index contributed by atoms with van der Waals surface area (Å²) in [5.74, 6) is 2.00. The van der Waals surface area contributed by atoms with Gasteiger partial charge in [0.2, 0.25) is 0 Å². The Hall–Kier alpha value is 0. The summed E-state index contributed by atoms with van der Waals surface area (Å²) in [5, 5.41) is 0. The van der Waals surface area contributed by atoms with E-state index in [4.69, 9.17) is 0 Å². The second-order valence-electron chi connectivity index (χ2n) is 4.13. The van der Waals surface area contributed by atoms with Crippen molar-refractivity contribution in [2.24, 2.45) is 11.8 Å². The molecule has 1 rings (SSSR count). The lowest BCUT2D eigenvalue weighted by Crippen LogP contribution is -2.08. The molecule has 0 unspecified atom stereocenters. The molecular formula is C14H32. The minimum Gasteiger partial charge on any atom is -0.0683 e. The van der Waals surface area contributed by atoms with E-state index < -0.39 is 0 Å². The van der Waals surface area contributed by atoms with Crippen LogP contribution in [0.1, 0.15) is 80.1 Å². The van der Waals surface area contributed by atoms with Gasteiger partial charge in [0.1, 0.15) is 0 Å². The summed E-state index contributed by atoms with van der Waals surface area (Å²) < 4.78 is 0. The summed E-state index contributed by atoms with van der Waals surface area (Å²) in [5.41, 5.74) is 0. The molecule has 1 aliphatic rings. The van der Waals surface area contributed by atoms with Crippen LogP contribution in [-0.2, 0) is 0 Å². The van der Waals surface area contributed by atoms with Gasteiger partial charge >= 0.3 is 0 Å². The Morgan fingerprint density at radius 3 is 1.64 bits per heavy atom. The molecule has 0 nitrogen and oxygen atoms in total. The topological polar surface area (TPSA) is 0 Å². The predicted octanol–water partition coefficient (Wildman–Crippen LogP) is 5.67. The van der Waals surface area contributed by atoms with Crippen molar-refractivity contribution in [3.63, 3.8) is 0 Å². The van der Waals surface area contributed by atoms with Crippen LogP contribution in [0.3, 0.4) is 0 Å². The fourth-order valence-electron chi connectivity index (χ4n) is 2.09. The van der Waals surface area contributed by atoms with E-state index in [2.05, 4.69) is 13.8 Å². The fourth-order valence-corrected chi connectivity index (χ4v) is 2.09. The van der Waals surface area contributed by atoms with Crippen molar-refractivity contribution in [2.75, 3.05) is 0 Å². The Labute approximate surface area is 92.5 Å². The Balaban J connectivity index is 0. The van der Waals surface area contributed by atoms with E-state index in [1.807, 2.05) is 27.7 Å². The van der Waals surface area contributed by atoms with Gasteiger partial charge in [-0.25, -0.2) is 0 Å². The van der Waals surface area contributed by atoms with E-state index in [9.17, 15) is 0 Å². The van der Waals surface area contributed by atoms with Crippen LogP contribution < -0.4 is 0 Å². The van der Waals surface area contributed by atoms with Gasteiger partial charge in [-0.3, -0.25) is 0 Å². The summed E-state index contributed by atoms with van der Waals surface area (Å²) in [6, 6.07) is 0. The zero-order chi connectivity index (χ0) is 11.4. The highest BCUT2D eigenvalue weighted by atomic mass is 14.2. The third-order valence-electron chi connectivity index (χ3n) is 2.53. The molecule has 0 aliphatic heterocycles. The number of rotatable bonds is 2. The third kappa shape index (κ3) is 10.1. The zero-order valence-corrected chi connectivity index (χ0v) is 11.4. The van der Waals surface area contributed by atoms with Gasteiger partial charge in [0.05, 0.1) is 0 Å². The molecule has 88 valence electrons. The molecule has 0 bridgehead atoms. The summed E-state index contributed by atoms with van der Waals surface area (Å²) >= 11 is 0. The van der Waals surface area contributed by atoms with Crippen molar-refractivity contribution in [2.45, 2.75) is 80.1 Å². The molecule has 0 aromatic heterocycles. The van der Waals surface area contributed by atoms with Gasteiger partial charge in [-0.15, -0.1) is 0 Å². The molecule has 0 atom stereocenters. The number of hydrogen-bond donors (Lipinski definition) is 0. The quantitative estimate of drug-likeness (QED) is 0.539. The molecule has 0 heteroatoms. The molecule has 0 saturated heterocycles. The van der Waals surface area contributed by atoms with Crippen LogP contribution in [-0.4, -0.2) is 0 Å². The van der Waals surface area contributed by atoms with E-state index in [0.717, 1.165) is 11.8 Å². The molecule has 1 aliphatic carbocycles. The van der Waals surface area contributed by atoms with Crippen molar-refractivity contribution < 1.29 is 0 Å². The highest BCUT2D eigenvalue weighted by Gasteiger charge is 2.13. The Morgan fingerprint density at radius 1 is 0.857 bits per heavy atom. The Bertz CT molecular complexity index is 78.0. The van der Waals surface area contributed by atoms with Crippen molar-refractivity contribution in [1.29, 1.82) is 0 Å². The largest absolute Gasteiger partial charge is 0.0683 e. The molecule has 0 aromatic rings. The highest BCUT2D eigenvalue weighted by molar-refractivity contribution is 4.66. The monoisotopic (exact) mass is 200 g/mol. The van der Waals surface area contributed by atoms with Crippen molar-refractivity contribution in [1.82, 2.24) is 0 Å². The maximum absolute atomic E-state index is 2.34. The summed E-state index contributed by atoms with van der Waals surface area (Å²) in [6.07, 6.45) is 8.99. The van der Waals surface area contributed by atoms with Crippen LogP contribution in [0, 0.1) is 11.8 Å². The van der Waals surface area contributed by atoms with Gasteiger partial charge in [-0.2, -0.15) is 0 Å². The molecule has 1 fully saturated rings. The van der Waals surface area contributed by atoms with Crippen LogP contribution in [0.5, 0.6) is 0 Å². The van der Waals surface area contributed by atoms with Gasteiger partial charge in [0.25, 0.3) is 0 Å². The van der Waals surface area contributed by atoms with E-state index in [-0.39, 0.29) is 0 Å². The predicted molar refractivity (Wildman–Crippen MR) is 68.7 cm³/mol. The van der Waals surface area contributed by atoms with Crippen LogP contribution in [0.25, 0.3) is 0 Å². The smallest absolute Gasteiger partial charge is 0.0412 e. The lowest BCUT2D eigenvalue weighted by molar-refractivity contribution is 0.305. The molecule has 0 amide bonds. The molecular weight excluding hydrogens is 168 g/mol. The van der Waals surface area contributed by atoms with Gasteiger partial charge in [-0.05, 0) is 18.3 Å². The first-order valence-electron chi connectivity index (χ1n) is 6.79. The van der Waals surface area contributed by atoms with Gasteiger partial charge in [0, 0.05) is 0 Å². The molecule has 14 heavy (non-hydrogen) atoms. The minimum atomic E-state index is 0.920. The van der Waals surface area contributed by atoms with Crippen LogP contribution in [0.2, 0.25) is 0 Å². The van der Waals surface area contributed by atoms with Crippen LogP contribution in [0.15, 0.2) is 0 Å². The standard InChI is InChI=1S/C10H20.2C2H6/c1-9(2)8-10-6-4-3-5-7-10;2*1-2/h9-10H,3-8H2,1-2H3;2*1-2H3. The second kappa shape index (κ2) is 13.0. The highest BCUT2D eigenvalue weighted by Crippen LogP contribution is 2.28. The maximum Gasteiger partial charge on any atom is -0.0412 e. The van der Waals surface area contributed by atoms with Crippen molar-refractivity contribution >= 4 is 0 Å². The fraction of sp³-hybridized carbons (Fsp3) is 1.00. The minimum absolute atomic E-state index is 0.920. The first-order valence-corrected chi connectivity index (χ1v) is 6.79. The second-order valence-corrected chi connectivity index (χ2v) is 4.13. The van der Waals surface area contributed by atoms with Gasteiger partial charge in [0.15, 0.2) is 0 Å². The SMILES string of the molecule is CC.CC.CC(C)CC1CCCCC1. The summed E-state index contributed by atoms with van der Waals surface area (Å²) in [6.45, 7) is 12.7. The Morgan fingerprint density at radius 2 is 1.29 bits per heavy atom. The lowest BCUT2D eigenvalue weighted by atomic mass is 9.84. The lowest BCUT2D eigenvalue weighted by Gasteiger charge is -2.22. The average Bonchev–Trinajstić information content (AvgIpc) is 2.24. The maximum atomic E-state index is 2.34. The van der Waals surface area contributed by atoms with Crippen LogP contribution >= 0.6 is 0 Å². The third-order valence-corrected chi connectivity index (χ3v) is 2.53. The zero-order valence-electron chi connectivity index (χ0n) is 11.4. The molecule has 0 heterocycles. The van der Waals surface area contributed by atoms with Gasteiger partial charge in [-0.1, -0.05) is 73.6 Å². The van der Waals surface area contributed by atoms with E-state index in [1.54, 1.807) is 0 Å². The average molecular weight is 200 g/mol. The number of hydrogen-bond acceptors (Lipinski definition) is 0.